The summed E-state index contributed by atoms with van der Waals surface area (Å²) in [6.45, 7) is 9.81. The van der Waals surface area contributed by atoms with E-state index < -0.39 is 6.23 Å². The maximum atomic E-state index is 12.3. The first-order valence-electron chi connectivity index (χ1n) is 8.63. The predicted octanol–water partition coefficient (Wildman–Crippen LogP) is 3.13. The van der Waals surface area contributed by atoms with E-state index in [9.17, 15) is 9.90 Å². The molecular weight excluding hydrogens is 288 g/mol. The van der Waals surface area contributed by atoms with Gasteiger partial charge in [0.15, 0.2) is 0 Å². The Morgan fingerprint density at radius 1 is 1.43 bits per heavy atom. The molecule has 2 N–H and O–H groups in total. The lowest BCUT2D eigenvalue weighted by atomic mass is 9.91. The molecule has 2 aliphatic rings. The Bertz CT molecular complexity index is 633. The second-order valence-corrected chi connectivity index (χ2v) is 7.72. The number of anilines is 1. The standard InChI is InChI=1S/C19H28N2O2/c1-12-9-15-11-21(14(3)22)8-5-16(15)13(2)18(12)20-17(23)10-19(4)6-7-19/h9,14,22H,5-8,10-11H2,1-4H3,(H,20,23). The maximum Gasteiger partial charge on any atom is 0.224 e. The largest absolute Gasteiger partial charge is 0.379 e. The molecule has 4 heteroatoms. The number of aliphatic hydroxyl groups is 1. The number of carbonyl (C=O) groups excluding carboxylic acids is 1. The summed E-state index contributed by atoms with van der Waals surface area (Å²) in [7, 11) is 0. The molecule has 0 radical (unpaired) electrons. The molecule has 1 aliphatic heterocycles. The van der Waals surface area contributed by atoms with Crippen LogP contribution in [0.25, 0.3) is 0 Å². The van der Waals surface area contributed by atoms with Crippen molar-refractivity contribution in [3.05, 3.63) is 28.3 Å². The molecule has 0 bridgehead atoms. The van der Waals surface area contributed by atoms with Crippen LogP contribution in [-0.4, -0.2) is 28.7 Å². The second-order valence-electron chi connectivity index (χ2n) is 7.72. The lowest BCUT2D eigenvalue weighted by Gasteiger charge is -2.33. The van der Waals surface area contributed by atoms with E-state index in [2.05, 4.69) is 37.1 Å². The smallest absolute Gasteiger partial charge is 0.224 e. The van der Waals surface area contributed by atoms with Crippen molar-refractivity contribution >= 4 is 11.6 Å². The van der Waals surface area contributed by atoms with Crippen LogP contribution >= 0.6 is 0 Å². The number of hydrogen-bond acceptors (Lipinski definition) is 3. The Hall–Kier alpha value is -1.39. The molecule has 1 aliphatic carbocycles. The van der Waals surface area contributed by atoms with Crippen molar-refractivity contribution in [3.63, 3.8) is 0 Å². The van der Waals surface area contributed by atoms with Gasteiger partial charge in [-0.3, -0.25) is 9.69 Å². The third kappa shape index (κ3) is 3.43. The average Bonchev–Trinajstić information content (AvgIpc) is 3.19. The van der Waals surface area contributed by atoms with E-state index in [0.29, 0.717) is 6.42 Å². The fraction of sp³-hybridized carbons (Fsp3) is 0.632. The fourth-order valence-electron chi connectivity index (χ4n) is 3.62. The van der Waals surface area contributed by atoms with Crippen LogP contribution in [0.4, 0.5) is 5.69 Å². The third-order valence-electron chi connectivity index (χ3n) is 5.51. The van der Waals surface area contributed by atoms with Crippen LogP contribution in [0.2, 0.25) is 0 Å². The van der Waals surface area contributed by atoms with Gasteiger partial charge in [0.25, 0.3) is 0 Å². The number of amides is 1. The SMILES string of the molecule is Cc1cc2c(c(C)c1NC(=O)CC1(C)CC1)CCN(C(C)O)C2. The number of nitrogens with one attached hydrogen (secondary N) is 1. The Morgan fingerprint density at radius 3 is 2.74 bits per heavy atom. The Balaban J connectivity index is 1.81. The van der Waals surface area contributed by atoms with Crippen molar-refractivity contribution in [2.75, 3.05) is 11.9 Å². The number of rotatable bonds is 4. The van der Waals surface area contributed by atoms with Gasteiger partial charge in [0, 0.05) is 25.2 Å². The van der Waals surface area contributed by atoms with Gasteiger partial charge in [0.05, 0.1) is 0 Å². The van der Waals surface area contributed by atoms with E-state index in [0.717, 1.165) is 43.6 Å². The van der Waals surface area contributed by atoms with Crippen molar-refractivity contribution in [1.29, 1.82) is 0 Å². The predicted molar refractivity (Wildman–Crippen MR) is 92.3 cm³/mol. The highest BCUT2D eigenvalue weighted by molar-refractivity contribution is 5.93. The van der Waals surface area contributed by atoms with Crippen LogP contribution in [0.1, 0.15) is 55.4 Å². The summed E-state index contributed by atoms with van der Waals surface area (Å²) in [5, 5.41) is 13.0. The minimum Gasteiger partial charge on any atom is -0.379 e. The van der Waals surface area contributed by atoms with Crippen molar-refractivity contribution in [2.45, 2.75) is 66.2 Å². The molecule has 0 spiro atoms. The molecule has 4 nitrogen and oxygen atoms in total. The average molecular weight is 316 g/mol. The molecule has 1 aromatic carbocycles. The number of hydrogen-bond donors (Lipinski definition) is 2. The quantitative estimate of drug-likeness (QED) is 0.897. The maximum absolute atomic E-state index is 12.3. The van der Waals surface area contributed by atoms with Gasteiger partial charge in [-0.25, -0.2) is 0 Å². The van der Waals surface area contributed by atoms with E-state index in [-0.39, 0.29) is 11.3 Å². The van der Waals surface area contributed by atoms with Gasteiger partial charge in [-0.15, -0.1) is 0 Å². The summed E-state index contributed by atoms with van der Waals surface area (Å²) in [6.07, 6.45) is 3.46. The zero-order valence-electron chi connectivity index (χ0n) is 14.7. The zero-order chi connectivity index (χ0) is 16.8. The highest BCUT2D eigenvalue weighted by atomic mass is 16.3. The van der Waals surface area contributed by atoms with Crippen LogP contribution in [0.5, 0.6) is 0 Å². The summed E-state index contributed by atoms with van der Waals surface area (Å²) in [6, 6.07) is 2.17. The highest BCUT2D eigenvalue weighted by Crippen LogP contribution is 2.48. The molecule has 1 atom stereocenters. The number of nitrogens with zero attached hydrogens (tertiary/aromatic N) is 1. The van der Waals surface area contributed by atoms with Crippen LogP contribution in [0, 0.1) is 19.3 Å². The zero-order valence-corrected chi connectivity index (χ0v) is 14.7. The third-order valence-corrected chi connectivity index (χ3v) is 5.51. The molecule has 0 aromatic heterocycles. The van der Waals surface area contributed by atoms with Gasteiger partial charge in [0.1, 0.15) is 6.23 Å². The summed E-state index contributed by atoms with van der Waals surface area (Å²) in [5.41, 5.74) is 6.14. The number of aliphatic hydroxyl groups excluding tert-OH is 1. The summed E-state index contributed by atoms with van der Waals surface area (Å²) >= 11 is 0. The lowest BCUT2D eigenvalue weighted by Crippen LogP contribution is -2.37. The first-order valence-corrected chi connectivity index (χ1v) is 8.63. The minimum atomic E-state index is -0.414. The molecule has 1 unspecified atom stereocenters. The molecule has 1 aromatic rings. The van der Waals surface area contributed by atoms with E-state index in [1.54, 1.807) is 0 Å². The molecule has 1 saturated carbocycles. The number of aryl methyl sites for hydroxylation is 1. The van der Waals surface area contributed by atoms with Crippen LogP contribution in [0.3, 0.4) is 0 Å². The van der Waals surface area contributed by atoms with Crippen LogP contribution in [-0.2, 0) is 17.8 Å². The molecule has 0 saturated heterocycles. The first kappa shape index (κ1) is 16.5. The Kier molecular flexibility index (Phi) is 4.23. The first-order chi connectivity index (χ1) is 10.8. The van der Waals surface area contributed by atoms with Gasteiger partial charge in [-0.2, -0.15) is 0 Å². The Labute approximate surface area is 138 Å². The van der Waals surface area contributed by atoms with E-state index in [4.69, 9.17) is 0 Å². The van der Waals surface area contributed by atoms with Crippen molar-refractivity contribution in [3.8, 4) is 0 Å². The summed E-state index contributed by atoms with van der Waals surface area (Å²) in [5.74, 6) is 0.137. The summed E-state index contributed by atoms with van der Waals surface area (Å²) in [4.78, 5) is 14.4. The van der Waals surface area contributed by atoms with Crippen molar-refractivity contribution in [2.24, 2.45) is 5.41 Å². The Morgan fingerprint density at radius 2 is 2.13 bits per heavy atom. The topological polar surface area (TPSA) is 52.6 Å². The number of benzene rings is 1. The van der Waals surface area contributed by atoms with E-state index >= 15 is 0 Å². The molecule has 126 valence electrons. The summed E-state index contributed by atoms with van der Waals surface area (Å²) < 4.78 is 0. The molecule has 23 heavy (non-hydrogen) atoms. The molecule has 3 rings (SSSR count). The number of carbonyl (C=O) groups is 1. The van der Waals surface area contributed by atoms with Crippen molar-refractivity contribution in [1.82, 2.24) is 4.90 Å². The van der Waals surface area contributed by atoms with Gasteiger partial charge < -0.3 is 10.4 Å². The van der Waals surface area contributed by atoms with Crippen LogP contribution in [0.15, 0.2) is 6.07 Å². The van der Waals surface area contributed by atoms with Crippen molar-refractivity contribution < 1.29 is 9.90 Å². The monoisotopic (exact) mass is 316 g/mol. The molecule has 1 heterocycles. The van der Waals surface area contributed by atoms with Gasteiger partial charge >= 0.3 is 0 Å². The van der Waals surface area contributed by atoms with Crippen LogP contribution < -0.4 is 5.32 Å². The normalized spacial score (nSPS) is 20.7. The lowest BCUT2D eigenvalue weighted by molar-refractivity contribution is -0.117. The molecular formula is C19H28N2O2. The molecule has 1 fully saturated rings. The van der Waals surface area contributed by atoms with Gasteiger partial charge in [0.2, 0.25) is 5.91 Å². The van der Waals surface area contributed by atoms with Gasteiger partial charge in [-0.05, 0) is 67.7 Å². The fourth-order valence-corrected chi connectivity index (χ4v) is 3.62. The molecule has 1 amide bonds. The number of fused-ring (bicyclic) bond motifs is 1. The van der Waals surface area contributed by atoms with Gasteiger partial charge in [-0.1, -0.05) is 13.0 Å². The second kappa shape index (κ2) is 5.91. The minimum absolute atomic E-state index is 0.137. The van der Waals surface area contributed by atoms with E-state index in [1.807, 2.05) is 6.92 Å². The van der Waals surface area contributed by atoms with E-state index in [1.165, 1.54) is 16.7 Å². The highest BCUT2D eigenvalue weighted by Gasteiger charge is 2.39.